The van der Waals surface area contributed by atoms with Crippen LogP contribution in [0.1, 0.15) is 67.7 Å². The number of hydrogen-bond donors (Lipinski definition) is 2. The number of ether oxygens (including phenoxy) is 1. The van der Waals surface area contributed by atoms with E-state index < -0.39 is 16.6 Å². The van der Waals surface area contributed by atoms with E-state index in [0.717, 1.165) is 0 Å². The molecule has 4 nitrogen and oxygen atoms in total. The summed E-state index contributed by atoms with van der Waals surface area (Å²) in [5.74, 6) is -0.345. The van der Waals surface area contributed by atoms with Crippen LogP contribution in [0, 0.1) is 17.3 Å². The maximum atomic E-state index is 12.3. The molecule has 1 saturated carbocycles. The standard InChI is InChI=1S/C17H32O4/c1-8-15(2,3)14(18)21-13-10-11(16(4,5)19)9-12(13)17(6,7)20/h11-13,19-20H,8-10H2,1-7H3. The van der Waals surface area contributed by atoms with Crippen molar-refractivity contribution in [2.45, 2.75) is 85.0 Å². The average molecular weight is 300 g/mol. The van der Waals surface area contributed by atoms with Crippen LogP contribution in [-0.2, 0) is 9.53 Å². The van der Waals surface area contributed by atoms with Crippen LogP contribution in [0.4, 0.5) is 0 Å². The molecule has 0 aromatic rings. The SMILES string of the molecule is CCC(C)(C)C(=O)OC1CC(C(C)(C)O)CC1C(C)(C)O. The molecule has 0 bridgehead atoms. The normalized spacial score (nSPS) is 27.8. The minimum absolute atomic E-state index is 0.0245. The van der Waals surface area contributed by atoms with Crippen LogP contribution < -0.4 is 0 Å². The van der Waals surface area contributed by atoms with E-state index >= 15 is 0 Å². The van der Waals surface area contributed by atoms with Gasteiger partial charge < -0.3 is 14.9 Å². The van der Waals surface area contributed by atoms with Crippen molar-refractivity contribution in [1.29, 1.82) is 0 Å². The molecular weight excluding hydrogens is 268 g/mol. The first kappa shape index (κ1) is 18.4. The van der Waals surface area contributed by atoms with E-state index in [1.807, 2.05) is 20.8 Å². The van der Waals surface area contributed by atoms with E-state index in [-0.39, 0.29) is 23.9 Å². The molecule has 0 amide bonds. The van der Waals surface area contributed by atoms with Gasteiger partial charge in [0, 0.05) is 5.92 Å². The average Bonchev–Trinajstić information content (AvgIpc) is 2.72. The van der Waals surface area contributed by atoms with E-state index in [1.54, 1.807) is 27.7 Å². The summed E-state index contributed by atoms with van der Waals surface area (Å²) in [6.45, 7) is 12.8. The molecule has 1 aliphatic rings. The molecule has 1 fully saturated rings. The highest BCUT2D eigenvalue weighted by Gasteiger charge is 2.48. The molecule has 0 aliphatic heterocycles. The third-order valence-corrected chi connectivity index (χ3v) is 5.11. The number of carbonyl (C=O) groups excluding carboxylic acids is 1. The lowest BCUT2D eigenvalue weighted by molar-refractivity contribution is -0.165. The van der Waals surface area contributed by atoms with E-state index in [0.29, 0.717) is 19.3 Å². The largest absolute Gasteiger partial charge is 0.462 e. The van der Waals surface area contributed by atoms with Crippen molar-refractivity contribution >= 4 is 5.97 Å². The molecule has 1 aliphatic carbocycles. The summed E-state index contributed by atoms with van der Waals surface area (Å²) in [6, 6.07) is 0. The van der Waals surface area contributed by atoms with Crippen molar-refractivity contribution in [1.82, 2.24) is 0 Å². The summed E-state index contributed by atoms with van der Waals surface area (Å²) < 4.78 is 5.72. The Morgan fingerprint density at radius 3 is 1.95 bits per heavy atom. The lowest BCUT2D eigenvalue weighted by Crippen LogP contribution is -2.40. The molecule has 4 heteroatoms. The number of esters is 1. The summed E-state index contributed by atoms with van der Waals surface area (Å²) >= 11 is 0. The second-order valence-corrected chi connectivity index (χ2v) is 8.26. The monoisotopic (exact) mass is 300 g/mol. The number of carbonyl (C=O) groups is 1. The van der Waals surface area contributed by atoms with Gasteiger partial charge in [-0.15, -0.1) is 0 Å². The summed E-state index contributed by atoms with van der Waals surface area (Å²) in [5.41, 5.74) is -2.27. The molecule has 124 valence electrons. The van der Waals surface area contributed by atoms with Crippen LogP contribution in [0.25, 0.3) is 0 Å². The van der Waals surface area contributed by atoms with E-state index in [1.165, 1.54) is 0 Å². The third-order valence-electron chi connectivity index (χ3n) is 5.11. The molecule has 2 N–H and O–H groups in total. The lowest BCUT2D eigenvalue weighted by atomic mass is 9.84. The van der Waals surface area contributed by atoms with Gasteiger partial charge >= 0.3 is 5.97 Å². The zero-order chi connectivity index (χ0) is 16.6. The first-order valence-corrected chi connectivity index (χ1v) is 7.95. The van der Waals surface area contributed by atoms with Crippen LogP contribution in [0.15, 0.2) is 0 Å². The van der Waals surface area contributed by atoms with Gasteiger partial charge in [0.2, 0.25) is 0 Å². The molecular formula is C17H32O4. The first-order chi connectivity index (χ1) is 9.29. The molecule has 0 aromatic carbocycles. The third kappa shape index (κ3) is 4.43. The maximum Gasteiger partial charge on any atom is 0.311 e. The van der Waals surface area contributed by atoms with Gasteiger partial charge in [-0.05, 0) is 66.7 Å². The van der Waals surface area contributed by atoms with Crippen LogP contribution in [0.3, 0.4) is 0 Å². The minimum atomic E-state index is -0.929. The Kier molecular flexibility index (Phi) is 5.16. The molecule has 0 heterocycles. The van der Waals surface area contributed by atoms with Crippen LogP contribution in [-0.4, -0.2) is 33.5 Å². The summed E-state index contributed by atoms with van der Waals surface area (Å²) in [7, 11) is 0. The minimum Gasteiger partial charge on any atom is -0.462 e. The molecule has 3 atom stereocenters. The van der Waals surface area contributed by atoms with Crippen molar-refractivity contribution in [3.63, 3.8) is 0 Å². The smallest absolute Gasteiger partial charge is 0.311 e. The predicted molar refractivity (Wildman–Crippen MR) is 82.8 cm³/mol. The van der Waals surface area contributed by atoms with Gasteiger partial charge in [-0.2, -0.15) is 0 Å². The Morgan fingerprint density at radius 2 is 1.57 bits per heavy atom. The van der Waals surface area contributed by atoms with Gasteiger partial charge in [0.25, 0.3) is 0 Å². The Morgan fingerprint density at radius 1 is 1.05 bits per heavy atom. The molecule has 0 aromatic heterocycles. The van der Waals surface area contributed by atoms with Gasteiger partial charge in [0.05, 0.1) is 16.6 Å². The highest BCUT2D eigenvalue weighted by molar-refractivity contribution is 5.76. The molecule has 1 rings (SSSR count). The van der Waals surface area contributed by atoms with Crippen molar-refractivity contribution in [3.05, 3.63) is 0 Å². The number of hydrogen-bond acceptors (Lipinski definition) is 4. The number of rotatable bonds is 5. The van der Waals surface area contributed by atoms with Gasteiger partial charge in [-0.3, -0.25) is 4.79 Å². The van der Waals surface area contributed by atoms with Crippen molar-refractivity contribution in [2.24, 2.45) is 17.3 Å². The fourth-order valence-electron chi connectivity index (χ4n) is 2.89. The predicted octanol–water partition coefficient (Wildman–Crippen LogP) is 2.90. The molecule has 3 unspecified atom stereocenters. The molecule has 0 spiro atoms. The second-order valence-electron chi connectivity index (χ2n) is 8.26. The van der Waals surface area contributed by atoms with E-state index in [4.69, 9.17) is 4.74 Å². The van der Waals surface area contributed by atoms with Gasteiger partial charge in [-0.25, -0.2) is 0 Å². The fourth-order valence-corrected chi connectivity index (χ4v) is 2.89. The Hall–Kier alpha value is -0.610. The van der Waals surface area contributed by atoms with Crippen molar-refractivity contribution in [2.75, 3.05) is 0 Å². The van der Waals surface area contributed by atoms with Gasteiger partial charge in [0.15, 0.2) is 0 Å². The van der Waals surface area contributed by atoms with Crippen LogP contribution in [0.2, 0.25) is 0 Å². The van der Waals surface area contributed by atoms with Gasteiger partial charge in [-0.1, -0.05) is 6.92 Å². The summed E-state index contributed by atoms with van der Waals surface area (Å²) in [5, 5.41) is 20.6. The Bertz CT molecular complexity index is 373. The highest BCUT2D eigenvalue weighted by Crippen LogP contribution is 2.44. The molecule has 0 radical (unpaired) electrons. The summed E-state index contributed by atoms with van der Waals surface area (Å²) in [4.78, 5) is 12.3. The second kappa shape index (κ2) is 5.88. The summed E-state index contributed by atoms with van der Waals surface area (Å²) in [6.07, 6.45) is 1.64. The van der Waals surface area contributed by atoms with Crippen molar-refractivity contribution in [3.8, 4) is 0 Å². The van der Waals surface area contributed by atoms with E-state index in [9.17, 15) is 15.0 Å². The molecule has 0 saturated heterocycles. The zero-order valence-electron chi connectivity index (χ0n) is 14.6. The van der Waals surface area contributed by atoms with Crippen LogP contribution >= 0.6 is 0 Å². The number of aliphatic hydroxyl groups is 2. The highest BCUT2D eigenvalue weighted by atomic mass is 16.5. The first-order valence-electron chi connectivity index (χ1n) is 7.95. The topological polar surface area (TPSA) is 66.8 Å². The van der Waals surface area contributed by atoms with Crippen LogP contribution in [0.5, 0.6) is 0 Å². The fraction of sp³-hybridized carbons (Fsp3) is 0.941. The Balaban J connectivity index is 2.90. The zero-order valence-corrected chi connectivity index (χ0v) is 14.6. The van der Waals surface area contributed by atoms with Gasteiger partial charge in [0.1, 0.15) is 6.10 Å². The Labute approximate surface area is 128 Å². The van der Waals surface area contributed by atoms with Crippen molar-refractivity contribution < 1.29 is 19.7 Å². The quantitative estimate of drug-likeness (QED) is 0.766. The lowest BCUT2D eigenvalue weighted by Gasteiger charge is -2.32. The van der Waals surface area contributed by atoms with E-state index in [2.05, 4.69) is 0 Å². The molecule has 21 heavy (non-hydrogen) atoms. The maximum absolute atomic E-state index is 12.3.